The molecule has 0 fully saturated rings. The van der Waals surface area contributed by atoms with Gasteiger partial charge in [-0.2, -0.15) is 0 Å². The average Bonchev–Trinajstić information content (AvgIpc) is 3.16. The summed E-state index contributed by atoms with van der Waals surface area (Å²) in [5.41, 5.74) is 3.39. The van der Waals surface area contributed by atoms with E-state index in [1.807, 2.05) is 49.4 Å². The molecule has 0 aliphatic carbocycles. The molecular weight excluding hydrogens is 441 g/mol. The van der Waals surface area contributed by atoms with Gasteiger partial charge in [-0.15, -0.1) is 0 Å². The topological polar surface area (TPSA) is 56.1 Å². The fourth-order valence-electron chi connectivity index (χ4n) is 3.68. The lowest BCUT2D eigenvalue weighted by Crippen LogP contribution is -2.26. The van der Waals surface area contributed by atoms with E-state index in [2.05, 4.69) is 9.88 Å². The number of benzene rings is 3. The van der Waals surface area contributed by atoms with E-state index in [1.165, 1.54) is 24.3 Å². The van der Waals surface area contributed by atoms with Crippen LogP contribution in [-0.2, 0) is 13.0 Å². The Morgan fingerprint density at radius 3 is 2.70 bits per heavy atom. The van der Waals surface area contributed by atoms with Crippen LogP contribution in [0.1, 0.15) is 28.2 Å². The first-order chi connectivity index (χ1) is 16.0. The lowest BCUT2D eigenvalue weighted by Gasteiger charge is -2.11. The van der Waals surface area contributed by atoms with Crippen LogP contribution in [0.15, 0.2) is 66.7 Å². The van der Waals surface area contributed by atoms with Gasteiger partial charge in [-0.3, -0.25) is 4.79 Å². The largest absolute Gasteiger partial charge is 0.494 e. The van der Waals surface area contributed by atoms with E-state index < -0.39 is 0 Å². The molecule has 0 bridgehead atoms. The number of nitrogens with one attached hydrogen (secondary N) is 1. The van der Waals surface area contributed by atoms with Crippen molar-refractivity contribution in [3.63, 3.8) is 0 Å². The van der Waals surface area contributed by atoms with E-state index in [9.17, 15) is 9.18 Å². The maximum Gasteiger partial charge on any atom is 0.251 e. The van der Waals surface area contributed by atoms with Crippen molar-refractivity contribution in [2.24, 2.45) is 0 Å². The summed E-state index contributed by atoms with van der Waals surface area (Å²) >= 11 is 6.08. The summed E-state index contributed by atoms with van der Waals surface area (Å²) in [5, 5.41) is 3.61. The first-order valence-corrected chi connectivity index (χ1v) is 11.3. The van der Waals surface area contributed by atoms with Crippen LogP contribution in [0.2, 0.25) is 5.02 Å². The molecule has 3 aromatic carbocycles. The summed E-state index contributed by atoms with van der Waals surface area (Å²) in [6.45, 7) is 3.69. The number of fused-ring (bicyclic) bond motifs is 1. The predicted molar refractivity (Wildman–Crippen MR) is 128 cm³/mol. The van der Waals surface area contributed by atoms with E-state index in [0.29, 0.717) is 25.1 Å². The van der Waals surface area contributed by atoms with Crippen molar-refractivity contribution in [3.05, 3.63) is 94.5 Å². The van der Waals surface area contributed by atoms with Crippen molar-refractivity contribution in [3.8, 4) is 5.75 Å². The van der Waals surface area contributed by atoms with Crippen LogP contribution in [0.3, 0.4) is 0 Å². The van der Waals surface area contributed by atoms with Gasteiger partial charge in [-0.25, -0.2) is 9.37 Å². The number of imidazole rings is 1. The van der Waals surface area contributed by atoms with E-state index in [-0.39, 0.29) is 11.7 Å². The number of amides is 1. The quantitative estimate of drug-likeness (QED) is 0.328. The molecule has 33 heavy (non-hydrogen) atoms. The third-order valence-electron chi connectivity index (χ3n) is 5.40. The number of carbonyl (C=O) groups is 1. The Bertz CT molecular complexity index is 1250. The number of halogens is 2. The maximum absolute atomic E-state index is 13.1. The van der Waals surface area contributed by atoms with Crippen molar-refractivity contribution in [1.29, 1.82) is 0 Å². The van der Waals surface area contributed by atoms with Gasteiger partial charge < -0.3 is 14.6 Å². The molecule has 1 amide bonds. The van der Waals surface area contributed by atoms with Gasteiger partial charge in [0.2, 0.25) is 0 Å². The van der Waals surface area contributed by atoms with Crippen molar-refractivity contribution >= 4 is 28.5 Å². The lowest BCUT2D eigenvalue weighted by atomic mass is 10.2. The molecule has 0 atom stereocenters. The van der Waals surface area contributed by atoms with Gasteiger partial charge in [0.05, 0.1) is 17.6 Å². The highest BCUT2D eigenvalue weighted by atomic mass is 35.5. The minimum absolute atomic E-state index is 0.232. The van der Waals surface area contributed by atoms with Crippen LogP contribution in [0.5, 0.6) is 5.75 Å². The van der Waals surface area contributed by atoms with Crippen molar-refractivity contribution in [2.45, 2.75) is 26.3 Å². The van der Waals surface area contributed by atoms with Gasteiger partial charge in [-0.05, 0) is 73.5 Å². The van der Waals surface area contributed by atoms with Gasteiger partial charge in [0, 0.05) is 30.1 Å². The van der Waals surface area contributed by atoms with E-state index >= 15 is 0 Å². The first kappa shape index (κ1) is 22.8. The van der Waals surface area contributed by atoms with Crippen molar-refractivity contribution in [2.75, 3.05) is 13.2 Å². The summed E-state index contributed by atoms with van der Waals surface area (Å²) in [4.78, 5) is 17.1. The minimum Gasteiger partial charge on any atom is -0.494 e. The Morgan fingerprint density at radius 1 is 1.12 bits per heavy atom. The molecule has 0 aliphatic rings. The Labute approximate surface area is 197 Å². The fraction of sp³-hybridized carbons (Fsp3) is 0.231. The zero-order valence-electron chi connectivity index (χ0n) is 18.4. The van der Waals surface area contributed by atoms with Gasteiger partial charge >= 0.3 is 0 Å². The molecule has 0 aliphatic heterocycles. The molecule has 0 unspecified atom stereocenters. The normalized spacial score (nSPS) is 11.0. The monoisotopic (exact) mass is 465 g/mol. The number of nitrogens with zero attached hydrogens (tertiary/aromatic N) is 2. The summed E-state index contributed by atoms with van der Waals surface area (Å²) < 4.78 is 21.1. The Hall–Kier alpha value is -3.38. The molecule has 0 radical (unpaired) electrons. The fourth-order valence-corrected chi connectivity index (χ4v) is 3.79. The second kappa shape index (κ2) is 10.5. The van der Waals surface area contributed by atoms with Crippen LogP contribution < -0.4 is 10.1 Å². The van der Waals surface area contributed by atoms with Crippen molar-refractivity contribution in [1.82, 2.24) is 14.9 Å². The number of aromatic nitrogens is 2. The van der Waals surface area contributed by atoms with E-state index in [0.717, 1.165) is 46.2 Å². The summed E-state index contributed by atoms with van der Waals surface area (Å²) in [6.07, 6.45) is 1.38. The van der Waals surface area contributed by atoms with Crippen LogP contribution in [-0.4, -0.2) is 28.6 Å². The molecule has 1 heterocycles. The maximum atomic E-state index is 13.1. The number of hydrogen-bond acceptors (Lipinski definition) is 3. The molecule has 1 N–H and O–H groups in total. The number of aryl methyl sites for hydroxylation is 2. The second-order valence-corrected chi connectivity index (χ2v) is 8.20. The van der Waals surface area contributed by atoms with Crippen LogP contribution in [0.25, 0.3) is 11.0 Å². The number of hydrogen-bond donors (Lipinski definition) is 1. The Balaban J connectivity index is 1.37. The second-order valence-electron chi connectivity index (χ2n) is 7.79. The third kappa shape index (κ3) is 5.71. The number of para-hydroxylation sites is 2. The molecule has 0 saturated heterocycles. The highest BCUT2D eigenvalue weighted by Gasteiger charge is 2.12. The Kier molecular flexibility index (Phi) is 7.25. The Morgan fingerprint density at radius 2 is 1.91 bits per heavy atom. The SMILES string of the molecule is Cc1cc(OCCCn2c(CCNC(=O)c3ccc(F)cc3)nc3ccccc32)ccc1Cl. The molecule has 0 spiro atoms. The number of rotatable bonds is 9. The molecule has 5 nitrogen and oxygen atoms in total. The molecule has 4 rings (SSSR count). The van der Waals surface area contributed by atoms with Crippen LogP contribution in [0.4, 0.5) is 4.39 Å². The van der Waals surface area contributed by atoms with E-state index in [1.54, 1.807) is 0 Å². The zero-order valence-corrected chi connectivity index (χ0v) is 19.1. The molecule has 4 aromatic rings. The smallest absolute Gasteiger partial charge is 0.251 e. The molecule has 1 aromatic heterocycles. The summed E-state index contributed by atoms with van der Waals surface area (Å²) in [7, 11) is 0. The predicted octanol–water partition coefficient (Wildman–Crippen LogP) is 5.58. The zero-order chi connectivity index (χ0) is 23.2. The highest BCUT2D eigenvalue weighted by Crippen LogP contribution is 2.21. The molecule has 0 saturated carbocycles. The van der Waals surface area contributed by atoms with Crippen molar-refractivity contribution < 1.29 is 13.9 Å². The van der Waals surface area contributed by atoms with Gasteiger partial charge in [0.15, 0.2) is 0 Å². The highest BCUT2D eigenvalue weighted by molar-refractivity contribution is 6.31. The standard InChI is InChI=1S/C26H25ClFN3O2/c1-18-17-21(11-12-22(18)27)33-16-4-15-31-24-6-3-2-5-23(24)30-25(31)13-14-29-26(32)19-7-9-20(28)10-8-19/h2-3,5-12,17H,4,13-16H2,1H3,(H,29,32). The minimum atomic E-state index is -0.365. The third-order valence-corrected chi connectivity index (χ3v) is 5.82. The lowest BCUT2D eigenvalue weighted by molar-refractivity contribution is 0.0954. The number of carbonyl (C=O) groups excluding carboxylic acids is 1. The summed E-state index contributed by atoms with van der Waals surface area (Å²) in [6, 6.07) is 19.1. The van der Waals surface area contributed by atoms with Crippen LogP contribution in [0, 0.1) is 12.7 Å². The molecular formula is C26H25ClFN3O2. The number of ether oxygens (including phenoxy) is 1. The van der Waals surface area contributed by atoms with E-state index in [4.69, 9.17) is 21.3 Å². The summed E-state index contributed by atoms with van der Waals surface area (Å²) in [5.74, 6) is 1.11. The van der Waals surface area contributed by atoms with Crippen LogP contribution >= 0.6 is 11.6 Å². The molecule has 170 valence electrons. The van der Waals surface area contributed by atoms with Gasteiger partial charge in [-0.1, -0.05) is 23.7 Å². The van der Waals surface area contributed by atoms with Gasteiger partial charge in [0.25, 0.3) is 5.91 Å². The first-order valence-electron chi connectivity index (χ1n) is 10.9. The molecule has 7 heteroatoms. The van der Waals surface area contributed by atoms with Gasteiger partial charge in [0.1, 0.15) is 17.4 Å². The average molecular weight is 466 g/mol.